The van der Waals surface area contributed by atoms with Crippen molar-refractivity contribution in [1.29, 1.82) is 0 Å². The van der Waals surface area contributed by atoms with Crippen LogP contribution >= 0.6 is 0 Å². The van der Waals surface area contributed by atoms with Gasteiger partial charge in [0, 0.05) is 20.0 Å². The molecule has 0 amide bonds. The number of rotatable bonds is 2. The van der Waals surface area contributed by atoms with E-state index in [-0.39, 0.29) is 0 Å². The fourth-order valence-corrected chi connectivity index (χ4v) is 1.88. The smallest absolute Gasteiger partial charge is 0.115 e. The summed E-state index contributed by atoms with van der Waals surface area (Å²) in [5, 5.41) is 2.03. The third-order valence-electron chi connectivity index (χ3n) is 2.81. The SMILES string of the molecule is CN(NC1=NCCCCC1)c1ccccc1. The van der Waals surface area contributed by atoms with Crippen LogP contribution in [0.2, 0.25) is 0 Å². The highest BCUT2D eigenvalue weighted by Crippen LogP contribution is 2.10. The van der Waals surface area contributed by atoms with Crippen LogP contribution in [0.5, 0.6) is 0 Å². The molecule has 0 radical (unpaired) electrons. The molecular formula is C13H19N3. The van der Waals surface area contributed by atoms with Crippen molar-refractivity contribution < 1.29 is 0 Å². The van der Waals surface area contributed by atoms with E-state index in [0.29, 0.717) is 0 Å². The van der Waals surface area contributed by atoms with Crippen LogP contribution in [0.4, 0.5) is 5.69 Å². The third-order valence-corrected chi connectivity index (χ3v) is 2.81. The number of amidine groups is 1. The molecule has 16 heavy (non-hydrogen) atoms. The van der Waals surface area contributed by atoms with Gasteiger partial charge in [0.25, 0.3) is 0 Å². The average Bonchev–Trinajstić information content (AvgIpc) is 2.59. The standard InChI is InChI=1S/C13H19N3/c1-16(12-8-4-2-5-9-12)15-13-10-6-3-7-11-14-13/h2,4-5,8-9H,3,6-7,10-11H2,1H3,(H,14,15). The highest BCUT2D eigenvalue weighted by molar-refractivity contribution is 5.83. The Morgan fingerprint density at radius 3 is 2.75 bits per heavy atom. The Hall–Kier alpha value is -1.51. The number of hydrogen-bond donors (Lipinski definition) is 1. The van der Waals surface area contributed by atoms with Crippen LogP contribution < -0.4 is 10.4 Å². The Morgan fingerprint density at radius 1 is 1.12 bits per heavy atom. The third kappa shape index (κ3) is 2.99. The Bertz CT molecular complexity index is 345. The molecule has 0 aromatic heterocycles. The first-order chi connectivity index (χ1) is 7.86. The van der Waals surface area contributed by atoms with Crippen molar-refractivity contribution in [3.05, 3.63) is 30.3 Å². The maximum Gasteiger partial charge on any atom is 0.115 e. The summed E-state index contributed by atoms with van der Waals surface area (Å²) in [5.74, 6) is 1.11. The van der Waals surface area contributed by atoms with Crippen molar-refractivity contribution in [3.63, 3.8) is 0 Å². The summed E-state index contributed by atoms with van der Waals surface area (Å²) in [6, 6.07) is 10.3. The van der Waals surface area contributed by atoms with Crippen LogP contribution in [0, 0.1) is 0 Å². The maximum absolute atomic E-state index is 4.55. The van der Waals surface area contributed by atoms with Crippen LogP contribution in [0.1, 0.15) is 25.7 Å². The van der Waals surface area contributed by atoms with E-state index in [1.807, 2.05) is 30.3 Å². The molecule has 0 saturated heterocycles. The van der Waals surface area contributed by atoms with Gasteiger partial charge in [-0.25, -0.2) is 0 Å². The molecule has 1 aromatic carbocycles. The number of nitrogens with one attached hydrogen (secondary N) is 1. The predicted molar refractivity (Wildman–Crippen MR) is 68.8 cm³/mol. The highest BCUT2D eigenvalue weighted by atomic mass is 15.5. The second kappa shape index (κ2) is 5.54. The van der Waals surface area contributed by atoms with E-state index in [1.165, 1.54) is 19.3 Å². The van der Waals surface area contributed by atoms with Gasteiger partial charge in [-0.2, -0.15) is 0 Å². The summed E-state index contributed by atoms with van der Waals surface area (Å²) in [7, 11) is 2.03. The Labute approximate surface area is 97.2 Å². The highest BCUT2D eigenvalue weighted by Gasteiger charge is 2.06. The molecule has 2 rings (SSSR count). The van der Waals surface area contributed by atoms with Gasteiger partial charge < -0.3 is 0 Å². The van der Waals surface area contributed by atoms with Crippen molar-refractivity contribution in [3.8, 4) is 0 Å². The van der Waals surface area contributed by atoms with Gasteiger partial charge in [-0.1, -0.05) is 24.6 Å². The van der Waals surface area contributed by atoms with E-state index < -0.39 is 0 Å². The molecule has 1 aliphatic heterocycles. The Balaban J connectivity index is 1.96. The van der Waals surface area contributed by atoms with Gasteiger partial charge in [0.05, 0.1) is 5.69 Å². The van der Waals surface area contributed by atoms with Crippen molar-refractivity contribution in [2.75, 3.05) is 18.6 Å². The van der Waals surface area contributed by atoms with Crippen LogP contribution in [0.15, 0.2) is 35.3 Å². The fraction of sp³-hybridized carbons (Fsp3) is 0.462. The number of benzene rings is 1. The molecule has 1 heterocycles. The monoisotopic (exact) mass is 217 g/mol. The van der Waals surface area contributed by atoms with Gasteiger partial charge in [-0.3, -0.25) is 15.4 Å². The van der Waals surface area contributed by atoms with Gasteiger partial charge in [-0.05, 0) is 25.0 Å². The minimum absolute atomic E-state index is 0.963. The minimum atomic E-state index is 0.963. The molecule has 1 aromatic rings. The lowest BCUT2D eigenvalue weighted by Crippen LogP contribution is -2.39. The summed E-state index contributed by atoms with van der Waals surface area (Å²) >= 11 is 0. The van der Waals surface area contributed by atoms with Gasteiger partial charge in [0.1, 0.15) is 5.84 Å². The van der Waals surface area contributed by atoms with Crippen molar-refractivity contribution in [2.45, 2.75) is 25.7 Å². The first kappa shape index (κ1) is 11.0. The van der Waals surface area contributed by atoms with Crippen molar-refractivity contribution in [2.24, 2.45) is 4.99 Å². The topological polar surface area (TPSA) is 27.6 Å². The van der Waals surface area contributed by atoms with E-state index >= 15 is 0 Å². The molecule has 0 saturated carbocycles. The van der Waals surface area contributed by atoms with E-state index in [1.54, 1.807) is 0 Å². The molecule has 0 atom stereocenters. The minimum Gasteiger partial charge on any atom is -0.290 e. The van der Waals surface area contributed by atoms with Gasteiger partial charge in [-0.15, -0.1) is 0 Å². The Morgan fingerprint density at radius 2 is 1.94 bits per heavy atom. The molecule has 1 N–H and O–H groups in total. The number of aliphatic imine (C=N–C) groups is 1. The largest absolute Gasteiger partial charge is 0.290 e. The van der Waals surface area contributed by atoms with Crippen LogP contribution in [-0.4, -0.2) is 19.4 Å². The molecule has 3 nitrogen and oxygen atoms in total. The van der Waals surface area contributed by atoms with Crippen molar-refractivity contribution >= 4 is 11.5 Å². The lowest BCUT2D eigenvalue weighted by atomic mass is 10.2. The predicted octanol–water partition coefficient (Wildman–Crippen LogP) is 2.60. The first-order valence-electron chi connectivity index (χ1n) is 5.95. The summed E-state index contributed by atoms with van der Waals surface area (Å²) in [6.45, 7) is 0.963. The zero-order chi connectivity index (χ0) is 11.2. The van der Waals surface area contributed by atoms with E-state index in [0.717, 1.165) is 24.5 Å². The van der Waals surface area contributed by atoms with Crippen molar-refractivity contribution in [1.82, 2.24) is 5.43 Å². The summed E-state index contributed by atoms with van der Waals surface area (Å²) < 4.78 is 0. The van der Waals surface area contributed by atoms with Crippen LogP contribution in [-0.2, 0) is 0 Å². The molecule has 0 bridgehead atoms. The molecule has 86 valence electrons. The zero-order valence-corrected chi connectivity index (χ0v) is 9.82. The number of hydrazine groups is 1. The number of anilines is 1. The van der Waals surface area contributed by atoms with Gasteiger partial charge in [0.2, 0.25) is 0 Å². The lowest BCUT2D eigenvalue weighted by molar-refractivity contribution is 0.727. The first-order valence-corrected chi connectivity index (χ1v) is 5.95. The van der Waals surface area contributed by atoms with Crippen LogP contribution in [0.25, 0.3) is 0 Å². The number of para-hydroxylation sites is 1. The van der Waals surface area contributed by atoms with Gasteiger partial charge in [0.15, 0.2) is 0 Å². The molecule has 0 aliphatic carbocycles. The van der Waals surface area contributed by atoms with Crippen LogP contribution in [0.3, 0.4) is 0 Å². The quantitative estimate of drug-likeness (QED) is 0.771. The molecule has 0 fully saturated rings. The molecule has 0 unspecified atom stereocenters. The molecule has 0 spiro atoms. The molecule has 3 heteroatoms. The second-order valence-corrected chi connectivity index (χ2v) is 4.15. The van der Waals surface area contributed by atoms with Gasteiger partial charge >= 0.3 is 0 Å². The summed E-state index contributed by atoms with van der Waals surface area (Å²) in [5.41, 5.74) is 4.52. The average molecular weight is 217 g/mol. The summed E-state index contributed by atoms with van der Waals surface area (Å²) in [6.07, 6.45) is 4.83. The van der Waals surface area contributed by atoms with E-state index in [9.17, 15) is 0 Å². The second-order valence-electron chi connectivity index (χ2n) is 4.15. The summed E-state index contributed by atoms with van der Waals surface area (Å²) in [4.78, 5) is 4.55. The normalized spacial score (nSPS) is 16.2. The number of nitrogens with zero attached hydrogens (tertiary/aromatic N) is 2. The Kier molecular flexibility index (Phi) is 3.81. The zero-order valence-electron chi connectivity index (χ0n) is 9.82. The molecular weight excluding hydrogens is 198 g/mol. The van der Waals surface area contributed by atoms with E-state index in [2.05, 4.69) is 22.6 Å². The maximum atomic E-state index is 4.55. The molecule has 1 aliphatic rings. The number of hydrogen-bond acceptors (Lipinski definition) is 3. The fourth-order valence-electron chi connectivity index (χ4n) is 1.88. The van der Waals surface area contributed by atoms with E-state index in [4.69, 9.17) is 0 Å². The lowest BCUT2D eigenvalue weighted by Gasteiger charge is -2.22.